The van der Waals surface area contributed by atoms with Crippen molar-refractivity contribution in [1.29, 1.82) is 0 Å². The average Bonchev–Trinajstić information content (AvgIpc) is 2.90. The lowest BCUT2D eigenvalue weighted by molar-refractivity contribution is 0.468. The van der Waals surface area contributed by atoms with Crippen LogP contribution in [-0.4, -0.2) is 16.3 Å². The Morgan fingerprint density at radius 3 is 2.88 bits per heavy atom. The van der Waals surface area contributed by atoms with E-state index in [-0.39, 0.29) is 0 Å². The first-order chi connectivity index (χ1) is 8.18. The van der Waals surface area contributed by atoms with Crippen molar-refractivity contribution in [3.05, 3.63) is 40.0 Å². The number of nitrogens with one attached hydrogen (secondary N) is 1. The van der Waals surface area contributed by atoms with Crippen LogP contribution in [0, 0.1) is 13.8 Å². The van der Waals surface area contributed by atoms with Crippen molar-refractivity contribution in [2.24, 2.45) is 0 Å². The van der Waals surface area contributed by atoms with Crippen molar-refractivity contribution < 1.29 is 4.42 Å². The van der Waals surface area contributed by atoms with Gasteiger partial charge in [-0.25, -0.2) is 0 Å². The smallest absolute Gasteiger partial charge is 0.117 e. The van der Waals surface area contributed by atoms with Crippen LogP contribution in [-0.2, 0) is 13.1 Å². The second-order valence-electron chi connectivity index (χ2n) is 3.96. The van der Waals surface area contributed by atoms with E-state index in [2.05, 4.69) is 33.3 Å². The van der Waals surface area contributed by atoms with Gasteiger partial charge in [-0.15, -0.1) is 0 Å². The molecule has 92 valence electrons. The normalized spacial score (nSPS) is 11.0. The molecule has 0 atom stereocenters. The third kappa shape index (κ3) is 2.98. The van der Waals surface area contributed by atoms with Gasteiger partial charge in [0, 0.05) is 12.2 Å². The molecule has 0 aliphatic carbocycles. The predicted octanol–water partition coefficient (Wildman–Crippen LogP) is 2.65. The Morgan fingerprint density at radius 1 is 1.47 bits per heavy atom. The number of aryl methyl sites for hydroxylation is 1. The Kier molecular flexibility index (Phi) is 4.02. The maximum atomic E-state index is 5.24. The minimum Gasteiger partial charge on any atom is -0.468 e. The molecule has 2 rings (SSSR count). The van der Waals surface area contributed by atoms with E-state index in [0.29, 0.717) is 0 Å². The Balaban J connectivity index is 1.80. The van der Waals surface area contributed by atoms with E-state index in [1.165, 1.54) is 5.69 Å². The molecule has 0 saturated heterocycles. The monoisotopic (exact) mass is 297 g/mol. The van der Waals surface area contributed by atoms with Gasteiger partial charge in [-0.1, -0.05) is 0 Å². The molecule has 0 unspecified atom stereocenters. The zero-order valence-corrected chi connectivity index (χ0v) is 11.6. The van der Waals surface area contributed by atoms with Gasteiger partial charge in [-0.3, -0.25) is 4.68 Å². The van der Waals surface area contributed by atoms with Crippen LogP contribution in [0.25, 0.3) is 0 Å². The molecule has 0 aromatic carbocycles. The average molecular weight is 298 g/mol. The molecule has 4 nitrogen and oxygen atoms in total. The minimum atomic E-state index is 0.757. The van der Waals surface area contributed by atoms with Gasteiger partial charge in [-0.05, 0) is 41.9 Å². The molecule has 0 bridgehead atoms. The van der Waals surface area contributed by atoms with Gasteiger partial charge in [0.15, 0.2) is 0 Å². The number of rotatable bonds is 5. The lowest BCUT2D eigenvalue weighted by atomic mass is 10.4. The van der Waals surface area contributed by atoms with Crippen LogP contribution in [0.3, 0.4) is 0 Å². The summed E-state index contributed by atoms with van der Waals surface area (Å²) in [5.41, 5.74) is 2.20. The number of halogens is 1. The van der Waals surface area contributed by atoms with E-state index >= 15 is 0 Å². The van der Waals surface area contributed by atoms with Crippen molar-refractivity contribution in [3.8, 4) is 0 Å². The molecule has 2 aromatic rings. The largest absolute Gasteiger partial charge is 0.468 e. The zero-order valence-electron chi connectivity index (χ0n) is 10.0. The lowest BCUT2D eigenvalue weighted by Crippen LogP contribution is -2.20. The maximum Gasteiger partial charge on any atom is 0.117 e. The van der Waals surface area contributed by atoms with Crippen LogP contribution >= 0.6 is 15.9 Å². The maximum absolute atomic E-state index is 5.24. The second-order valence-corrected chi connectivity index (χ2v) is 4.76. The molecule has 2 heterocycles. The molecule has 0 spiro atoms. The Hall–Kier alpha value is -1.07. The summed E-state index contributed by atoms with van der Waals surface area (Å²) in [7, 11) is 0. The summed E-state index contributed by atoms with van der Waals surface area (Å²) >= 11 is 3.52. The van der Waals surface area contributed by atoms with Gasteiger partial charge in [0.05, 0.1) is 29.5 Å². The highest BCUT2D eigenvalue weighted by atomic mass is 79.9. The third-order valence-corrected chi connectivity index (χ3v) is 3.82. The van der Waals surface area contributed by atoms with Crippen LogP contribution in [0.2, 0.25) is 0 Å². The second kappa shape index (κ2) is 5.51. The molecule has 0 aliphatic heterocycles. The summed E-state index contributed by atoms with van der Waals surface area (Å²) in [4.78, 5) is 0. The number of hydrogen-bond donors (Lipinski definition) is 1. The topological polar surface area (TPSA) is 43.0 Å². The highest BCUT2D eigenvalue weighted by Gasteiger charge is 2.07. The van der Waals surface area contributed by atoms with Crippen molar-refractivity contribution in [1.82, 2.24) is 15.1 Å². The predicted molar refractivity (Wildman–Crippen MR) is 69.8 cm³/mol. The molecule has 0 fully saturated rings. The summed E-state index contributed by atoms with van der Waals surface area (Å²) in [6, 6.07) is 3.86. The van der Waals surface area contributed by atoms with Crippen LogP contribution in [0.5, 0.6) is 0 Å². The van der Waals surface area contributed by atoms with E-state index < -0.39 is 0 Å². The SMILES string of the molecule is Cc1nn(CCNCc2ccco2)c(C)c1Br. The molecular formula is C12H16BrN3O. The first-order valence-electron chi connectivity index (χ1n) is 5.61. The highest BCUT2D eigenvalue weighted by molar-refractivity contribution is 9.10. The number of nitrogens with zero attached hydrogens (tertiary/aromatic N) is 2. The quantitative estimate of drug-likeness (QED) is 0.863. The summed E-state index contributed by atoms with van der Waals surface area (Å²) in [5.74, 6) is 0.958. The fourth-order valence-corrected chi connectivity index (χ4v) is 1.99. The lowest BCUT2D eigenvalue weighted by Gasteiger charge is -2.05. The Bertz CT molecular complexity index is 476. The molecule has 0 saturated carbocycles. The van der Waals surface area contributed by atoms with Crippen molar-refractivity contribution in [2.75, 3.05) is 6.54 Å². The summed E-state index contributed by atoms with van der Waals surface area (Å²) in [6.07, 6.45) is 1.69. The van der Waals surface area contributed by atoms with E-state index in [1.807, 2.05) is 23.7 Å². The summed E-state index contributed by atoms with van der Waals surface area (Å²) < 4.78 is 8.35. The molecule has 0 aliphatic rings. The minimum absolute atomic E-state index is 0.757. The number of furan rings is 1. The van der Waals surface area contributed by atoms with Gasteiger partial charge < -0.3 is 9.73 Å². The van der Waals surface area contributed by atoms with Gasteiger partial charge in [0.2, 0.25) is 0 Å². The third-order valence-electron chi connectivity index (χ3n) is 2.67. The standard InChI is InChI=1S/C12H16BrN3O/c1-9-12(13)10(2)16(15-9)6-5-14-8-11-4-3-7-17-11/h3-4,7,14H,5-6,8H2,1-2H3. The number of hydrogen-bond acceptors (Lipinski definition) is 3. The van der Waals surface area contributed by atoms with E-state index in [4.69, 9.17) is 4.42 Å². The molecule has 0 amide bonds. The van der Waals surface area contributed by atoms with Crippen LogP contribution in [0.1, 0.15) is 17.1 Å². The van der Waals surface area contributed by atoms with Gasteiger partial charge >= 0.3 is 0 Å². The molecular weight excluding hydrogens is 282 g/mol. The van der Waals surface area contributed by atoms with Crippen LogP contribution < -0.4 is 5.32 Å². The van der Waals surface area contributed by atoms with Crippen LogP contribution in [0.15, 0.2) is 27.3 Å². The summed E-state index contributed by atoms with van der Waals surface area (Å²) in [6.45, 7) is 6.56. The van der Waals surface area contributed by atoms with Crippen LogP contribution in [0.4, 0.5) is 0 Å². The van der Waals surface area contributed by atoms with Crippen molar-refractivity contribution >= 4 is 15.9 Å². The van der Waals surface area contributed by atoms with E-state index in [0.717, 1.165) is 35.6 Å². The highest BCUT2D eigenvalue weighted by Crippen LogP contribution is 2.19. The Morgan fingerprint density at radius 2 is 2.29 bits per heavy atom. The van der Waals surface area contributed by atoms with Gasteiger partial charge in [0.25, 0.3) is 0 Å². The van der Waals surface area contributed by atoms with E-state index in [1.54, 1.807) is 6.26 Å². The molecule has 5 heteroatoms. The van der Waals surface area contributed by atoms with E-state index in [9.17, 15) is 0 Å². The fourth-order valence-electron chi connectivity index (χ4n) is 1.70. The van der Waals surface area contributed by atoms with Gasteiger partial charge in [0.1, 0.15) is 5.76 Å². The molecule has 0 radical (unpaired) electrons. The molecule has 2 aromatic heterocycles. The first kappa shape index (κ1) is 12.4. The number of aromatic nitrogens is 2. The molecule has 1 N–H and O–H groups in total. The van der Waals surface area contributed by atoms with Gasteiger partial charge in [-0.2, -0.15) is 5.10 Å². The fraction of sp³-hybridized carbons (Fsp3) is 0.417. The van der Waals surface area contributed by atoms with Crippen molar-refractivity contribution in [3.63, 3.8) is 0 Å². The van der Waals surface area contributed by atoms with Crippen molar-refractivity contribution in [2.45, 2.75) is 26.9 Å². The Labute approximate surface area is 109 Å². The first-order valence-corrected chi connectivity index (χ1v) is 6.40. The summed E-state index contributed by atoms with van der Waals surface area (Å²) in [5, 5.41) is 7.77. The zero-order chi connectivity index (χ0) is 12.3. The molecule has 17 heavy (non-hydrogen) atoms.